The number of fused-ring (bicyclic) bond motifs is 1. The molecule has 1 amide bonds. The first-order valence-corrected chi connectivity index (χ1v) is 9.00. The zero-order chi connectivity index (χ0) is 18.1. The van der Waals surface area contributed by atoms with Crippen LogP contribution in [-0.2, 0) is 24.2 Å². The molecule has 1 aliphatic carbocycles. The average Bonchev–Trinajstić information content (AvgIpc) is 3.37. The fourth-order valence-electron chi connectivity index (χ4n) is 3.84. The van der Waals surface area contributed by atoms with Gasteiger partial charge in [0.15, 0.2) is 0 Å². The number of nitrogens with zero attached hydrogens (tertiary/aromatic N) is 1. The van der Waals surface area contributed by atoms with E-state index in [4.69, 9.17) is 9.47 Å². The van der Waals surface area contributed by atoms with E-state index in [9.17, 15) is 4.79 Å². The molecule has 4 rings (SSSR count). The Morgan fingerprint density at radius 2 is 1.69 bits per heavy atom. The lowest BCUT2D eigenvalue weighted by Crippen LogP contribution is -2.32. The van der Waals surface area contributed by atoms with E-state index in [0.717, 1.165) is 36.4 Å². The second-order valence-electron chi connectivity index (χ2n) is 6.98. The molecule has 2 unspecified atom stereocenters. The van der Waals surface area contributed by atoms with E-state index < -0.39 is 0 Å². The van der Waals surface area contributed by atoms with Crippen molar-refractivity contribution in [3.8, 4) is 11.5 Å². The second-order valence-corrected chi connectivity index (χ2v) is 6.98. The van der Waals surface area contributed by atoms with Gasteiger partial charge < -0.3 is 14.8 Å². The molecule has 1 N–H and O–H groups in total. The number of methoxy groups -OCH3 is 2. The molecule has 26 heavy (non-hydrogen) atoms. The highest BCUT2D eigenvalue weighted by Gasteiger charge is 2.46. The molecular formula is C21H24N2O3. The van der Waals surface area contributed by atoms with Crippen LogP contribution in [0.1, 0.15) is 16.7 Å². The SMILES string of the molecule is COc1cc(CNC(=O)C2CN2C2Cc3ccccc3C2)cc(OC)c1. The van der Waals surface area contributed by atoms with Crippen LogP contribution in [0.4, 0.5) is 0 Å². The molecule has 136 valence electrons. The molecule has 1 aliphatic heterocycles. The lowest BCUT2D eigenvalue weighted by Gasteiger charge is -2.12. The number of carbonyl (C=O) groups excluding carboxylic acids is 1. The summed E-state index contributed by atoms with van der Waals surface area (Å²) in [6, 6.07) is 14.7. The summed E-state index contributed by atoms with van der Waals surface area (Å²) in [5.74, 6) is 1.55. The second kappa shape index (κ2) is 7.00. The Kier molecular flexibility index (Phi) is 4.55. The lowest BCUT2D eigenvalue weighted by molar-refractivity contribution is -0.121. The molecule has 0 bridgehead atoms. The van der Waals surface area contributed by atoms with Gasteiger partial charge in [0.05, 0.1) is 14.2 Å². The van der Waals surface area contributed by atoms with Gasteiger partial charge >= 0.3 is 0 Å². The summed E-state index contributed by atoms with van der Waals surface area (Å²) >= 11 is 0. The number of benzene rings is 2. The molecule has 0 radical (unpaired) electrons. The topological polar surface area (TPSA) is 50.6 Å². The smallest absolute Gasteiger partial charge is 0.238 e. The Morgan fingerprint density at radius 3 is 2.27 bits per heavy atom. The zero-order valence-electron chi connectivity index (χ0n) is 15.2. The maximum Gasteiger partial charge on any atom is 0.238 e. The summed E-state index contributed by atoms with van der Waals surface area (Å²) in [5.41, 5.74) is 3.81. The van der Waals surface area contributed by atoms with Crippen molar-refractivity contribution in [1.29, 1.82) is 0 Å². The summed E-state index contributed by atoms with van der Waals surface area (Å²) in [4.78, 5) is 14.8. The highest BCUT2D eigenvalue weighted by molar-refractivity contribution is 5.84. The predicted octanol–water partition coefficient (Wildman–Crippen LogP) is 2.17. The molecule has 0 spiro atoms. The molecule has 5 heteroatoms. The average molecular weight is 352 g/mol. The quantitative estimate of drug-likeness (QED) is 0.810. The largest absolute Gasteiger partial charge is 0.497 e. The van der Waals surface area contributed by atoms with Crippen LogP contribution in [0.2, 0.25) is 0 Å². The van der Waals surface area contributed by atoms with Crippen molar-refractivity contribution < 1.29 is 14.3 Å². The Balaban J connectivity index is 1.32. The van der Waals surface area contributed by atoms with Gasteiger partial charge in [-0.2, -0.15) is 0 Å². The molecule has 0 aromatic heterocycles. The number of rotatable bonds is 6. The zero-order valence-corrected chi connectivity index (χ0v) is 15.2. The third-order valence-corrected chi connectivity index (χ3v) is 5.33. The fourth-order valence-corrected chi connectivity index (χ4v) is 3.84. The van der Waals surface area contributed by atoms with Gasteiger partial charge in [0.25, 0.3) is 0 Å². The van der Waals surface area contributed by atoms with E-state index in [-0.39, 0.29) is 11.9 Å². The Morgan fingerprint density at radius 1 is 1.08 bits per heavy atom. The monoisotopic (exact) mass is 352 g/mol. The van der Waals surface area contributed by atoms with Crippen LogP contribution >= 0.6 is 0 Å². The van der Waals surface area contributed by atoms with Crippen molar-refractivity contribution in [2.75, 3.05) is 20.8 Å². The normalized spacial score (nSPS) is 21.2. The van der Waals surface area contributed by atoms with E-state index in [1.807, 2.05) is 18.2 Å². The van der Waals surface area contributed by atoms with Crippen LogP contribution in [0.15, 0.2) is 42.5 Å². The minimum absolute atomic E-state index is 0.00168. The summed E-state index contributed by atoms with van der Waals surface area (Å²) in [6.45, 7) is 1.33. The van der Waals surface area contributed by atoms with Crippen LogP contribution in [-0.4, -0.2) is 43.7 Å². The van der Waals surface area contributed by atoms with E-state index in [1.54, 1.807) is 14.2 Å². The molecule has 1 fully saturated rings. The summed E-state index contributed by atoms with van der Waals surface area (Å²) in [6.07, 6.45) is 2.10. The van der Waals surface area contributed by atoms with Gasteiger partial charge in [-0.25, -0.2) is 0 Å². The maximum absolute atomic E-state index is 12.5. The Hall–Kier alpha value is -2.53. The fraction of sp³-hybridized carbons (Fsp3) is 0.381. The molecule has 1 heterocycles. The first-order valence-electron chi connectivity index (χ1n) is 9.00. The van der Waals surface area contributed by atoms with Gasteiger partial charge in [0.1, 0.15) is 17.5 Å². The third kappa shape index (κ3) is 3.40. The van der Waals surface area contributed by atoms with Crippen molar-refractivity contribution in [2.24, 2.45) is 0 Å². The van der Waals surface area contributed by atoms with E-state index in [1.165, 1.54) is 11.1 Å². The van der Waals surface area contributed by atoms with Gasteiger partial charge in [-0.15, -0.1) is 0 Å². The Bertz CT molecular complexity index is 773. The third-order valence-electron chi connectivity index (χ3n) is 5.33. The molecule has 0 saturated carbocycles. The first kappa shape index (κ1) is 16.9. The summed E-state index contributed by atoms with van der Waals surface area (Å²) in [7, 11) is 3.25. The summed E-state index contributed by atoms with van der Waals surface area (Å²) < 4.78 is 10.6. The lowest BCUT2D eigenvalue weighted by atomic mass is 10.1. The molecule has 1 saturated heterocycles. The van der Waals surface area contributed by atoms with Crippen molar-refractivity contribution in [3.63, 3.8) is 0 Å². The minimum Gasteiger partial charge on any atom is -0.497 e. The van der Waals surface area contributed by atoms with Crippen molar-refractivity contribution in [3.05, 3.63) is 59.2 Å². The van der Waals surface area contributed by atoms with E-state index in [0.29, 0.717) is 12.6 Å². The first-order chi connectivity index (χ1) is 12.7. The standard InChI is InChI=1S/C21H24N2O3/c1-25-18-7-14(8-19(11-18)26-2)12-22-21(24)20-13-23(20)17-9-15-5-3-4-6-16(15)10-17/h3-8,11,17,20H,9-10,12-13H2,1-2H3,(H,22,24). The van der Waals surface area contributed by atoms with Crippen LogP contribution in [0.5, 0.6) is 11.5 Å². The van der Waals surface area contributed by atoms with E-state index in [2.05, 4.69) is 34.5 Å². The van der Waals surface area contributed by atoms with Crippen LogP contribution in [0.25, 0.3) is 0 Å². The van der Waals surface area contributed by atoms with Gasteiger partial charge in [0, 0.05) is 25.2 Å². The number of hydrogen-bond acceptors (Lipinski definition) is 4. The number of nitrogens with one attached hydrogen (secondary N) is 1. The van der Waals surface area contributed by atoms with Crippen molar-refractivity contribution in [2.45, 2.75) is 31.5 Å². The van der Waals surface area contributed by atoms with Crippen molar-refractivity contribution >= 4 is 5.91 Å². The van der Waals surface area contributed by atoms with E-state index >= 15 is 0 Å². The molecule has 2 atom stereocenters. The van der Waals surface area contributed by atoms with Crippen LogP contribution in [0, 0.1) is 0 Å². The number of carbonyl (C=O) groups is 1. The van der Waals surface area contributed by atoms with Crippen LogP contribution < -0.4 is 14.8 Å². The highest BCUT2D eigenvalue weighted by Crippen LogP contribution is 2.32. The number of amides is 1. The van der Waals surface area contributed by atoms with Crippen molar-refractivity contribution in [1.82, 2.24) is 10.2 Å². The maximum atomic E-state index is 12.5. The van der Waals surface area contributed by atoms with Gasteiger partial charge in [-0.3, -0.25) is 9.69 Å². The molecule has 2 aromatic rings. The summed E-state index contributed by atoms with van der Waals surface area (Å²) in [5, 5.41) is 3.05. The highest BCUT2D eigenvalue weighted by atomic mass is 16.5. The van der Waals surface area contributed by atoms with Gasteiger partial charge in [0.2, 0.25) is 5.91 Å². The molecule has 2 aromatic carbocycles. The molecule has 2 aliphatic rings. The number of hydrogen-bond donors (Lipinski definition) is 1. The van der Waals surface area contributed by atoms with Gasteiger partial charge in [-0.1, -0.05) is 24.3 Å². The number of ether oxygens (including phenoxy) is 2. The molecule has 5 nitrogen and oxygen atoms in total. The Labute approximate surface area is 153 Å². The minimum atomic E-state index is 0.00168. The predicted molar refractivity (Wildman–Crippen MR) is 99.5 cm³/mol. The molecular weight excluding hydrogens is 328 g/mol. The van der Waals surface area contributed by atoms with Crippen LogP contribution in [0.3, 0.4) is 0 Å². The van der Waals surface area contributed by atoms with Gasteiger partial charge in [-0.05, 0) is 41.7 Å².